The molecule has 2 rings (SSSR count). The van der Waals surface area contributed by atoms with E-state index in [0.29, 0.717) is 6.73 Å². The molecule has 0 aliphatic rings. The molecule has 1 aromatic heterocycles. The number of benzene rings is 1. The molecule has 1 heterocycles. The molecule has 0 radical (unpaired) electrons. The number of ether oxygens (including phenoxy) is 1. The minimum atomic E-state index is -1.11. The summed E-state index contributed by atoms with van der Waals surface area (Å²) in [6.07, 6.45) is 7.72. The topological polar surface area (TPSA) is 84.6 Å². The van der Waals surface area contributed by atoms with Gasteiger partial charge in [-0.2, -0.15) is 0 Å². The largest absolute Gasteiger partial charge is 0.507 e. The second-order valence-corrected chi connectivity index (χ2v) is 4.29. The van der Waals surface area contributed by atoms with Gasteiger partial charge in [0.2, 0.25) is 0 Å². The molecule has 2 aromatic rings. The summed E-state index contributed by atoms with van der Waals surface area (Å²) in [6, 6.07) is 5.81. The van der Waals surface area contributed by atoms with E-state index in [4.69, 9.17) is 14.9 Å². The van der Waals surface area contributed by atoms with Crippen LogP contribution in [0.4, 0.5) is 0 Å². The van der Waals surface area contributed by atoms with Crippen LogP contribution in [0.25, 0.3) is 0 Å². The summed E-state index contributed by atoms with van der Waals surface area (Å²) in [5.41, 5.74) is -0.0671. The average molecular weight is 292 g/mol. The molecular formula is C15H20N2O4. The molecule has 0 amide bonds. The van der Waals surface area contributed by atoms with Gasteiger partial charge < -0.3 is 19.5 Å². The Kier molecular flexibility index (Phi) is 7.60. The molecule has 21 heavy (non-hydrogen) atoms. The van der Waals surface area contributed by atoms with Crippen LogP contribution in [-0.4, -0.2) is 32.3 Å². The molecule has 0 aliphatic carbocycles. The maximum atomic E-state index is 10.3. The van der Waals surface area contributed by atoms with Gasteiger partial charge in [0, 0.05) is 19.0 Å². The quantitative estimate of drug-likeness (QED) is 0.800. The van der Waals surface area contributed by atoms with Crippen LogP contribution in [0.1, 0.15) is 30.1 Å². The van der Waals surface area contributed by atoms with E-state index in [-0.39, 0.29) is 11.3 Å². The monoisotopic (exact) mass is 292 g/mol. The molecule has 0 aliphatic heterocycles. The minimum absolute atomic E-state index is 0.0671. The van der Waals surface area contributed by atoms with Crippen LogP contribution in [0, 0.1) is 0 Å². The standard InChI is InChI=1S/C8H14N2O.C7H6O3/c1-2-3-6-11-8-10-5-4-9-7-10;8-6-4-2-1-3-5(6)7(9)10/h4-5,7H,2-3,6,8H2,1H3;1-4,8H,(H,9,10). The number of carboxylic acid groups (broad SMARTS) is 1. The van der Waals surface area contributed by atoms with Crippen LogP contribution < -0.4 is 0 Å². The van der Waals surface area contributed by atoms with E-state index in [1.165, 1.54) is 18.6 Å². The van der Waals surface area contributed by atoms with Gasteiger partial charge >= 0.3 is 5.97 Å². The van der Waals surface area contributed by atoms with Crippen molar-refractivity contribution in [3.8, 4) is 5.75 Å². The van der Waals surface area contributed by atoms with Crippen molar-refractivity contribution in [3.05, 3.63) is 48.5 Å². The fourth-order valence-electron chi connectivity index (χ4n) is 1.43. The summed E-state index contributed by atoms with van der Waals surface area (Å²) in [5.74, 6) is -1.31. The number of phenols is 1. The van der Waals surface area contributed by atoms with Crippen molar-refractivity contribution in [2.24, 2.45) is 0 Å². The molecule has 0 unspecified atom stereocenters. The van der Waals surface area contributed by atoms with Crippen molar-refractivity contribution in [1.82, 2.24) is 9.55 Å². The maximum Gasteiger partial charge on any atom is 0.339 e. The highest BCUT2D eigenvalue weighted by Crippen LogP contribution is 2.14. The van der Waals surface area contributed by atoms with E-state index < -0.39 is 5.97 Å². The van der Waals surface area contributed by atoms with E-state index in [2.05, 4.69) is 11.9 Å². The predicted octanol–water partition coefficient (Wildman–Crippen LogP) is 2.75. The number of unbranched alkanes of at least 4 members (excludes halogenated alkanes) is 1. The van der Waals surface area contributed by atoms with Gasteiger partial charge in [-0.15, -0.1) is 0 Å². The molecule has 0 bridgehead atoms. The lowest BCUT2D eigenvalue weighted by Crippen LogP contribution is -2.00. The summed E-state index contributed by atoms with van der Waals surface area (Å²) in [7, 11) is 0. The lowest BCUT2D eigenvalue weighted by Gasteiger charge is -2.02. The van der Waals surface area contributed by atoms with Crippen LogP contribution >= 0.6 is 0 Å². The van der Waals surface area contributed by atoms with Gasteiger partial charge in [-0.05, 0) is 18.6 Å². The van der Waals surface area contributed by atoms with E-state index in [1.54, 1.807) is 24.7 Å². The molecule has 114 valence electrons. The van der Waals surface area contributed by atoms with E-state index >= 15 is 0 Å². The SMILES string of the molecule is CCCCOCn1ccnc1.O=C(O)c1ccccc1O. The summed E-state index contributed by atoms with van der Waals surface area (Å²) < 4.78 is 7.25. The molecule has 0 saturated heterocycles. The number of aromatic nitrogens is 2. The first-order valence-electron chi connectivity index (χ1n) is 6.70. The van der Waals surface area contributed by atoms with Gasteiger partial charge in [-0.3, -0.25) is 0 Å². The molecular weight excluding hydrogens is 272 g/mol. The van der Waals surface area contributed by atoms with Crippen molar-refractivity contribution in [2.45, 2.75) is 26.5 Å². The number of carbonyl (C=O) groups is 1. The van der Waals surface area contributed by atoms with Gasteiger partial charge in [0.15, 0.2) is 0 Å². The van der Waals surface area contributed by atoms with Crippen molar-refractivity contribution in [1.29, 1.82) is 0 Å². The molecule has 0 atom stereocenters. The zero-order valence-corrected chi connectivity index (χ0v) is 12.0. The Hall–Kier alpha value is -2.34. The number of carboxylic acids is 1. The lowest BCUT2D eigenvalue weighted by molar-refractivity contribution is 0.0693. The van der Waals surface area contributed by atoms with Crippen LogP contribution in [0.3, 0.4) is 0 Å². The van der Waals surface area contributed by atoms with E-state index in [9.17, 15) is 4.79 Å². The fraction of sp³-hybridized carbons (Fsp3) is 0.333. The van der Waals surface area contributed by atoms with Gasteiger partial charge in [0.1, 0.15) is 18.0 Å². The zero-order valence-electron chi connectivity index (χ0n) is 12.0. The minimum Gasteiger partial charge on any atom is -0.507 e. The normalized spacial score (nSPS) is 9.76. The number of hydrogen-bond acceptors (Lipinski definition) is 4. The highest BCUT2D eigenvalue weighted by Gasteiger charge is 2.05. The van der Waals surface area contributed by atoms with Gasteiger partial charge in [0.05, 0.1) is 6.33 Å². The van der Waals surface area contributed by atoms with Gasteiger partial charge in [0.25, 0.3) is 0 Å². The Bertz CT molecular complexity index is 526. The van der Waals surface area contributed by atoms with E-state index in [0.717, 1.165) is 13.0 Å². The zero-order chi connectivity index (χ0) is 15.5. The summed E-state index contributed by atoms with van der Waals surface area (Å²) >= 11 is 0. The number of aromatic carboxylic acids is 1. The number of para-hydroxylation sites is 1. The molecule has 0 spiro atoms. The van der Waals surface area contributed by atoms with Crippen LogP contribution in [-0.2, 0) is 11.5 Å². The lowest BCUT2D eigenvalue weighted by atomic mass is 10.2. The third kappa shape index (κ3) is 6.58. The Morgan fingerprint density at radius 3 is 2.67 bits per heavy atom. The second kappa shape index (κ2) is 9.55. The Morgan fingerprint density at radius 1 is 1.38 bits per heavy atom. The average Bonchev–Trinajstić information content (AvgIpc) is 2.98. The number of rotatable bonds is 6. The van der Waals surface area contributed by atoms with Crippen molar-refractivity contribution < 1.29 is 19.7 Å². The number of imidazole rings is 1. The van der Waals surface area contributed by atoms with Crippen molar-refractivity contribution in [3.63, 3.8) is 0 Å². The first kappa shape index (κ1) is 16.7. The number of hydrogen-bond donors (Lipinski definition) is 2. The summed E-state index contributed by atoms with van der Waals surface area (Å²) in [5, 5.41) is 17.3. The Labute approximate surface area is 123 Å². The molecule has 6 nitrogen and oxygen atoms in total. The maximum absolute atomic E-state index is 10.3. The second-order valence-electron chi connectivity index (χ2n) is 4.29. The summed E-state index contributed by atoms with van der Waals surface area (Å²) in [6.45, 7) is 3.62. The number of aromatic hydroxyl groups is 1. The highest BCUT2D eigenvalue weighted by atomic mass is 16.5. The molecule has 1 aromatic carbocycles. The van der Waals surface area contributed by atoms with Crippen LogP contribution in [0.15, 0.2) is 43.0 Å². The predicted molar refractivity (Wildman–Crippen MR) is 78.2 cm³/mol. The fourth-order valence-corrected chi connectivity index (χ4v) is 1.43. The third-order valence-corrected chi connectivity index (χ3v) is 2.58. The molecule has 2 N–H and O–H groups in total. The molecule has 6 heteroatoms. The van der Waals surface area contributed by atoms with Crippen LogP contribution in [0.2, 0.25) is 0 Å². The third-order valence-electron chi connectivity index (χ3n) is 2.58. The van der Waals surface area contributed by atoms with E-state index in [1.807, 2.05) is 10.8 Å². The van der Waals surface area contributed by atoms with Crippen molar-refractivity contribution >= 4 is 5.97 Å². The Morgan fingerprint density at radius 2 is 2.14 bits per heavy atom. The highest BCUT2D eigenvalue weighted by molar-refractivity contribution is 5.90. The van der Waals surface area contributed by atoms with Crippen LogP contribution in [0.5, 0.6) is 5.75 Å². The summed E-state index contributed by atoms with van der Waals surface area (Å²) in [4.78, 5) is 14.2. The van der Waals surface area contributed by atoms with Crippen molar-refractivity contribution in [2.75, 3.05) is 6.61 Å². The Balaban J connectivity index is 0.000000211. The first-order chi connectivity index (χ1) is 10.1. The molecule has 0 saturated carbocycles. The smallest absolute Gasteiger partial charge is 0.339 e. The van der Waals surface area contributed by atoms with Gasteiger partial charge in [-0.25, -0.2) is 9.78 Å². The van der Waals surface area contributed by atoms with Gasteiger partial charge in [-0.1, -0.05) is 25.5 Å². The molecule has 0 fully saturated rings. The number of nitrogens with zero attached hydrogens (tertiary/aromatic N) is 2. The first-order valence-corrected chi connectivity index (χ1v) is 6.70.